The van der Waals surface area contributed by atoms with Crippen LogP contribution < -0.4 is 5.32 Å². The molecule has 0 spiro atoms. The average molecular weight is 485 g/mol. The van der Waals surface area contributed by atoms with Gasteiger partial charge in [0.25, 0.3) is 5.91 Å². The third kappa shape index (κ3) is 4.77. The van der Waals surface area contributed by atoms with Gasteiger partial charge in [0.1, 0.15) is 0 Å². The number of hydrogen-bond donors (Lipinski definition) is 1. The molecule has 186 valence electrons. The van der Waals surface area contributed by atoms with Crippen molar-refractivity contribution in [3.05, 3.63) is 71.3 Å². The normalized spacial score (nSPS) is 22.6. The van der Waals surface area contributed by atoms with Crippen molar-refractivity contribution in [2.45, 2.75) is 51.0 Å². The van der Waals surface area contributed by atoms with Gasteiger partial charge < -0.3 is 10.1 Å². The Balaban J connectivity index is 1.25. The highest BCUT2D eigenvalue weighted by atomic mass is 16.5. The maximum Gasteiger partial charge on any atom is 0.259 e. The summed E-state index contributed by atoms with van der Waals surface area (Å²) in [5.41, 5.74) is 4.16. The molecule has 1 saturated carbocycles. The first-order valence-electron chi connectivity index (χ1n) is 12.6. The minimum absolute atomic E-state index is 0.235. The lowest BCUT2D eigenvalue weighted by Crippen LogP contribution is -2.47. The van der Waals surface area contributed by atoms with E-state index in [1.165, 1.54) is 5.56 Å². The van der Waals surface area contributed by atoms with Crippen molar-refractivity contribution in [2.24, 2.45) is 0 Å². The van der Waals surface area contributed by atoms with Gasteiger partial charge in [-0.15, -0.1) is 0 Å². The van der Waals surface area contributed by atoms with Crippen molar-refractivity contribution < 1.29 is 9.53 Å². The van der Waals surface area contributed by atoms with Gasteiger partial charge in [0.2, 0.25) is 0 Å². The summed E-state index contributed by atoms with van der Waals surface area (Å²) in [6.45, 7) is 7.45. The highest BCUT2D eigenvalue weighted by Gasteiger charge is 2.40. The van der Waals surface area contributed by atoms with E-state index in [-0.39, 0.29) is 5.91 Å². The van der Waals surface area contributed by atoms with E-state index in [4.69, 9.17) is 4.74 Å². The second kappa shape index (κ2) is 10.2. The highest BCUT2D eigenvalue weighted by Crippen LogP contribution is 2.40. The van der Waals surface area contributed by atoms with E-state index in [2.05, 4.69) is 26.4 Å². The van der Waals surface area contributed by atoms with E-state index < -0.39 is 5.41 Å². The number of carbonyl (C=O) groups excluding carboxylic acids is 1. The summed E-state index contributed by atoms with van der Waals surface area (Å²) in [6, 6.07) is 14.8. The van der Waals surface area contributed by atoms with Crippen LogP contribution in [0.1, 0.15) is 53.0 Å². The fraction of sp³-hybridized carbons (Fsp3) is 0.429. The van der Waals surface area contributed by atoms with Crippen LogP contribution in [0.15, 0.2) is 48.8 Å². The van der Waals surface area contributed by atoms with Crippen LogP contribution in [0.5, 0.6) is 0 Å². The van der Waals surface area contributed by atoms with Crippen LogP contribution in [0.4, 0.5) is 5.69 Å². The third-order valence-electron chi connectivity index (χ3n) is 7.63. The molecule has 1 saturated heterocycles. The van der Waals surface area contributed by atoms with Gasteiger partial charge in [0.15, 0.2) is 0 Å². The number of anilines is 1. The fourth-order valence-electron chi connectivity index (χ4n) is 5.36. The van der Waals surface area contributed by atoms with Crippen molar-refractivity contribution >= 4 is 11.6 Å². The summed E-state index contributed by atoms with van der Waals surface area (Å²) in [5, 5.41) is 17.4. The van der Waals surface area contributed by atoms with Gasteiger partial charge in [-0.25, -0.2) is 4.68 Å². The lowest BCUT2D eigenvalue weighted by Gasteiger charge is -2.41. The Morgan fingerprint density at radius 3 is 2.44 bits per heavy atom. The van der Waals surface area contributed by atoms with Crippen LogP contribution in [0.3, 0.4) is 0 Å². The zero-order valence-electron chi connectivity index (χ0n) is 20.9. The number of nitrogens with zero attached hydrogens (tertiary/aromatic N) is 5. The number of pyridine rings is 1. The van der Waals surface area contributed by atoms with Crippen LogP contribution in [-0.4, -0.2) is 57.9 Å². The Bertz CT molecular complexity index is 1240. The molecule has 1 amide bonds. The number of aromatic nitrogens is 3. The molecule has 0 bridgehead atoms. The molecular formula is C28H32N6O2. The maximum absolute atomic E-state index is 13.0. The van der Waals surface area contributed by atoms with Crippen LogP contribution in [-0.2, 0) is 10.2 Å². The van der Waals surface area contributed by atoms with E-state index in [0.29, 0.717) is 17.3 Å². The van der Waals surface area contributed by atoms with Crippen LogP contribution >= 0.6 is 0 Å². The van der Waals surface area contributed by atoms with Crippen molar-refractivity contribution in [2.75, 3.05) is 31.6 Å². The minimum Gasteiger partial charge on any atom is -0.379 e. The predicted octanol–water partition coefficient (Wildman–Crippen LogP) is 4.17. The molecule has 2 fully saturated rings. The van der Waals surface area contributed by atoms with Gasteiger partial charge in [-0.3, -0.25) is 14.7 Å². The smallest absolute Gasteiger partial charge is 0.259 e. The summed E-state index contributed by atoms with van der Waals surface area (Å²) in [6.07, 6.45) is 6.79. The van der Waals surface area contributed by atoms with Gasteiger partial charge in [0.05, 0.1) is 65.4 Å². The fourth-order valence-corrected chi connectivity index (χ4v) is 5.36. The molecule has 3 aromatic rings. The number of nitrogens with one attached hydrogen (secondary N) is 1. The SMILES string of the molecule is Cc1ccc(-n2ncc(C(=O)Nc3ccc([C@]4(C#N)CC[C@@H](N5CCOCC5)CC4)nc3)c2C)cc1. The van der Waals surface area contributed by atoms with Gasteiger partial charge in [-0.05, 0) is 63.8 Å². The maximum atomic E-state index is 13.0. The Morgan fingerprint density at radius 2 is 1.81 bits per heavy atom. The number of nitriles is 1. The number of ether oxygens (including phenoxy) is 1. The summed E-state index contributed by atoms with van der Waals surface area (Å²) >= 11 is 0. The molecular weight excluding hydrogens is 452 g/mol. The van der Waals surface area contributed by atoms with Gasteiger partial charge in [-0.2, -0.15) is 10.4 Å². The largest absolute Gasteiger partial charge is 0.379 e. The zero-order valence-corrected chi connectivity index (χ0v) is 20.9. The van der Waals surface area contributed by atoms with E-state index in [0.717, 1.165) is 69.1 Å². The molecule has 5 rings (SSSR count). The van der Waals surface area contributed by atoms with Crippen LogP contribution in [0.2, 0.25) is 0 Å². The first-order chi connectivity index (χ1) is 17.5. The van der Waals surface area contributed by atoms with Crippen molar-refractivity contribution in [1.29, 1.82) is 5.26 Å². The van der Waals surface area contributed by atoms with Crippen LogP contribution in [0.25, 0.3) is 5.69 Å². The molecule has 8 heteroatoms. The number of rotatable bonds is 5. The van der Waals surface area contributed by atoms with E-state index in [9.17, 15) is 10.1 Å². The third-order valence-corrected chi connectivity index (χ3v) is 7.63. The van der Waals surface area contributed by atoms with Gasteiger partial charge in [-0.1, -0.05) is 17.7 Å². The molecule has 1 N–H and O–H groups in total. The summed E-state index contributed by atoms with van der Waals surface area (Å²) in [4.78, 5) is 20.1. The Kier molecular flexibility index (Phi) is 6.86. The minimum atomic E-state index is -0.572. The quantitative estimate of drug-likeness (QED) is 0.584. The standard InChI is InChI=1S/C28H32N6O2/c1-20-3-6-24(7-4-20)34-21(2)25(18-31-34)27(35)32-22-5-8-26(30-17-22)28(19-29)11-9-23(10-12-28)33-13-15-36-16-14-33/h3-8,17-18,23H,9-16H2,1-2H3,(H,32,35)/t23-,28-. The average Bonchev–Trinajstić information content (AvgIpc) is 3.31. The molecule has 0 radical (unpaired) electrons. The van der Waals surface area contributed by atoms with E-state index in [1.807, 2.05) is 50.2 Å². The summed E-state index contributed by atoms with van der Waals surface area (Å²) in [7, 11) is 0. The molecule has 36 heavy (non-hydrogen) atoms. The van der Waals surface area contributed by atoms with E-state index >= 15 is 0 Å². The molecule has 1 aliphatic carbocycles. The first kappa shape index (κ1) is 24.2. The second-order valence-electron chi connectivity index (χ2n) is 9.85. The first-order valence-corrected chi connectivity index (χ1v) is 12.6. The molecule has 1 aromatic carbocycles. The lowest BCUT2D eigenvalue weighted by molar-refractivity contribution is 0.00493. The Morgan fingerprint density at radius 1 is 1.08 bits per heavy atom. The molecule has 3 heterocycles. The lowest BCUT2D eigenvalue weighted by atomic mass is 9.71. The molecule has 2 aliphatic rings. The monoisotopic (exact) mass is 484 g/mol. The second-order valence-corrected chi connectivity index (χ2v) is 9.85. The van der Waals surface area contributed by atoms with Crippen molar-refractivity contribution in [3.63, 3.8) is 0 Å². The van der Waals surface area contributed by atoms with Crippen molar-refractivity contribution in [1.82, 2.24) is 19.7 Å². The van der Waals surface area contributed by atoms with Crippen molar-refractivity contribution in [3.8, 4) is 11.8 Å². The summed E-state index contributed by atoms with van der Waals surface area (Å²) in [5.74, 6) is -0.235. The highest BCUT2D eigenvalue weighted by molar-refractivity contribution is 6.04. The summed E-state index contributed by atoms with van der Waals surface area (Å²) < 4.78 is 7.25. The molecule has 0 atom stereocenters. The molecule has 0 unspecified atom stereocenters. The molecule has 8 nitrogen and oxygen atoms in total. The number of carbonyl (C=O) groups is 1. The Hall–Kier alpha value is -3.54. The number of amides is 1. The number of aryl methyl sites for hydroxylation is 1. The zero-order chi connectivity index (χ0) is 25.1. The van der Waals surface area contributed by atoms with E-state index in [1.54, 1.807) is 17.1 Å². The number of hydrogen-bond acceptors (Lipinski definition) is 6. The molecule has 2 aromatic heterocycles. The topological polar surface area (TPSA) is 96.1 Å². The Labute approximate surface area is 211 Å². The number of morpholine rings is 1. The predicted molar refractivity (Wildman–Crippen MR) is 137 cm³/mol. The molecule has 1 aliphatic heterocycles. The number of benzene rings is 1. The van der Waals surface area contributed by atoms with Gasteiger partial charge >= 0.3 is 0 Å². The van der Waals surface area contributed by atoms with Gasteiger partial charge in [0, 0.05) is 19.1 Å². The van der Waals surface area contributed by atoms with Crippen LogP contribution in [0, 0.1) is 25.2 Å².